The van der Waals surface area contributed by atoms with Gasteiger partial charge < -0.3 is 5.32 Å². The third-order valence-corrected chi connectivity index (χ3v) is 6.72. The van der Waals surface area contributed by atoms with Crippen molar-refractivity contribution in [3.63, 3.8) is 0 Å². The summed E-state index contributed by atoms with van der Waals surface area (Å²) in [5.74, 6) is 0.577. The second-order valence-corrected chi connectivity index (χ2v) is 10.1. The first kappa shape index (κ1) is 20.3. The highest BCUT2D eigenvalue weighted by Crippen LogP contribution is 2.22. The number of hydrogen-bond acceptors (Lipinski definition) is 3. The standard InChI is InChI=1S/C21H30N2O2S/c1-6-16(2)18-9-13-19(14-10-18)22-15-17-7-11-20(12-8-17)23-26(24,25)21(3,4)5/h7-14,16,22-23H,6,15H2,1-5H3. The van der Waals surface area contributed by atoms with E-state index in [0.29, 0.717) is 18.2 Å². The van der Waals surface area contributed by atoms with Crippen LogP contribution in [0.25, 0.3) is 0 Å². The van der Waals surface area contributed by atoms with Crippen LogP contribution in [-0.2, 0) is 16.6 Å². The number of nitrogens with one attached hydrogen (secondary N) is 2. The van der Waals surface area contributed by atoms with Gasteiger partial charge >= 0.3 is 0 Å². The Morgan fingerprint density at radius 1 is 0.923 bits per heavy atom. The summed E-state index contributed by atoms with van der Waals surface area (Å²) in [6, 6.07) is 16.0. The van der Waals surface area contributed by atoms with Crippen LogP contribution in [0.3, 0.4) is 0 Å². The molecule has 4 nitrogen and oxygen atoms in total. The maximum atomic E-state index is 12.2. The number of anilines is 2. The zero-order valence-electron chi connectivity index (χ0n) is 16.3. The summed E-state index contributed by atoms with van der Waals surface area (Å²) in [7, 11) is -3.40. The molecule has 2 N–H and O–H groups in total. The minimum absolute atomic E-state index is 0.577. The van der Waals surface area contributed by atoms with Gasteiger partial charge in [0.05, 0.1) is 4.75 Å². The minimum Gasteiger partial charge on any atom is -0.381 e. The highest BCUT2D eigenvalue weighted by atomic mass is 32.2. The molecule has 0 aliphatic heterocycles. The Kier molecular flexibility index (Phi) is 6.34. The molecule has 26 heavy (non-hydrogen) atoms. The van der Waals surface area contributed by atoms with E-state index in [-0.39, 0.29) is 0 Å². The lowest BCUT2D eigenvalue weighted by Gasteiger charge is -2.20. The smallest absolute Gasteiger partial charge is 0.237 e. The quantitative estimate of drug-likeness (QED) is 0.686. The Hall–Kier alpha value is -2.01. The Morgan fingerprint density at radius 3 is 1.96 bits per heavy atom. The Bertz CT molecular complexity index is 805. The maximum absolute atomic E-state index is 12.2. The van der Waals surface area contributed by atoms with E-state index in [1.807, 2.05) is 12.1 Å². The highest BCUT2D eigenvalue weighted by Gasteiger charge is 2.28. The zero-order valence-corrected chi connectivity index (χ0v) is 17.2. The van der Waals surface area contributed by atoms with Crippen LogP contribution in [-0.4, -0.2) is 13.2 Å². The van der Waals surface area contributed by atoms with Crippen molar-refractivity contribution in [1.29, 1.82) is 0 Å². The number of sulfonamides is 1. The van der Waals surface area contributed by atoms with Gasteiger partial charge in [-0.2, -0.15) is 0 Å². The molecule has 2 rings (SSSR count). The first-order valence-electron chi connectivity index (χ1n) is 9.07. The molecule has 0 saturated carbocycles. The molecule has 0 amide bonds. The van der Waals surface area contributed by atoms with E-state index in [4.69, 9.17) is 0 Å². The van der Waals surface area contributed by atoms with Gasteiger partial charge in [-0.25, -0.2) is 8.42 Å². The van der Waals surface area contributed by atoms with E-state index in [0.717, 1.165) is 17.7 Å². The van der Waals surface area contributed by atoms with Gasteiger partial charge in [0, 0.05) is 17.9 Å². The second-order valence-electron chi connectivity index (χ2n) is 7.70. The van der Waals surface area contributed by atoms with Crippen molar-refractivity contribution in [2.75, 3.05) is 10.0 Å². The summed E-state index contributed by atoms with van der Waals surface area (Å²) in [5.41, 5.74) is 4.11. The molecule has 0 heterocycles. The first-order chi connectivity index (χ1) is 12.1. The lowest BCUT2D eigenvalue weighted by molar-refractivity contribution is 0.566. The molecule has 0 spiro atoms. The number of hydrogen-bond donors (Lipinski definition) is 2. The van der Waals surface area contributed by atoms with Crippen LogP contribution in [0.5, 0.6) is 0 Å². The Labute approximate surface area is 158 Å². The van der Waals surface area contributed by atoms with Gasteiger partial charge in [0.1, 0.15) is 0 Å². The third kappa shape index (κ3) is 5.24. The van der Waals surface area contributed by atoms with Crippen LogP contribution in [0.1, 0.15) is 58.1 Å². The summed E-state index contributed by atoms with van der Waals surface area (Å²) >= 11 is 0. The predicted octanol–water partition coefficient (Wildman–Crippen LogP) is 5.35. The predicted molar refractivity (Wildman–Crippen MR) is 111 cm³/mol. The van der Waals surface area contributed by atoms with Crippen molar-refractivity contribution in [2.45, 2.75) is 58.2 Å². The molecule has 0 fully saturated rings. The molecule has 0 saturated heterocycles. The van der Waals surface area contributed by atoms with Gasteiger partial charge in [-0.3, -0.25) is 4.72 Å². The molecule has 2 aromatic carbocycles. The Balaban J connectivity index is 1.95. The Morgan fingerprint density at radius 2 is 1.46 bits per heavy atom. The molecule has 142 valence electrons. The van der Waals surface area contributed by atoms with Crippen LogP contribution >= 0.6 is 0 Å². The molecule has 0 aromatic heterocycles. The van der Waals surface area contributed by atoms with Crippen molar-refractivity contribution in [3.05, 3.63) is 59.7 Å². The SMILES string of the molecule is CCC(C)c1ccc(NCc2ccc(NS(=O)(=O)C(C)(C)C)cc2)cc1. The molecule has 0 aliphatic rings. The molecule has 0 aliphatic carbocycles. The van der Waals surface area contributed by atoms with Gasteiger partial charge in [-0.15, -0.1) is 0 Å². The fourth-order valence-electron chi connectivity index (χ4n) is 2.37. The van der Waals surface area contributed by atoms with Crippen molar-refractivity contribution in [2.24, 2.45) is 0 Å². The van der Waals surface area contributed by atoms with E-state index >= 15 is 0 Å². The van der Waals surface area contributed by atoms with Crippen LogP contribution in [0.15, 0.2) is 48.5 Å². The monoisotopic (exact) mass is 374 g/mol. The van der Waals surface area contributed by atoms with Crippen LogP contribution in [0.2, 0.25) is 0 Å². The average molecular weight is 375 g/mol. The molecule has 1 atom stereocenters. The summed E-state index contributed by atoms with van der Waals surface area (Å²) in [6.45, 7) is 10.2. The summed E-state index contributed by atoms with van der Waals surface area (Å²) in [6.07, 6.45) is 1.14. The molecular formula is C21H30N2O2S. The molecule has 0 bridgehead atoms. The van der Waals surface area contributed by atoms with Gasteiger partial charge in [0.15, 0.2) is 0 Å². The van der Waals surface area contributed by atoms with Gasteiger partial charge in [-0.1, -0.05) is 38.1 Å². The molecule has 2 aromatic rings. The largest absolute Gasteiger partial charge is 0.381 e. The zero-order chi connectivity index (χ0) is 19.4. The van der Waals surface area contributed by atoms with E-state index in [1.54, 1.807) is 32.9 Å². The van der Waals surface area contributed by atoms with Gasteiger partial charge in [0.2, 0.25) is 10.0 Å². The van der Waals surface area contributed by atoms with Crippen molar-refractivity contribution < 1.29 is 8.42 Å². The highest BCUT2D eigenvalue weighted by molar-refractivity contribution is 7.94. The molecule has 1 unspecified atom stereocenters. The number of benzene rings is 2. The van der Waals surface area contributed by atoms with E-state index in [2.05, 4.69) is 48.2 Å². The molecular weight excluding hydrogens is 344 g/mol. The molecule has 0 radical (unpaired) electrons. The first-order valence-corrected chi connectivity index (χ1v) is 10.6. The fourth-order valence-corrected chi connectivity index (χ4v) is 3.12. The van der Waals surface area contributed by atoms with E-state index in [9.17, 15) is 8.42 Å². The minimum atomic E-state index is -3.40. The van der Waals surface area contributed by atoms with Crippen LogP contribution in [0.4, 0.5) is 11.4 Å². The lowest BCUT2D eigenvalue weighted by Crippen LogP contribution is -2.33. The lowest BCUT2D eigenvalue weighted by atomic mass is 9.99. The van der Waals surface area contributed by atoms with Gasteiger partial charge in [-0.05, 0) is 68.5 Å². The normalized spacial score (nSPS) is 13.3. The van der Waals surface area contributed by atoms with E-state index < -0.39 is 14.8 Å². The summed E-state index contributed by atoms with van der Waals surface area (Å²) < 4.78 is 26.2. The maximum Gasteiger partial charge on any atom is 0.237 e. The van der Waals surface area contributed by atoms with Gasteiger partial charge in [0.25, 0.3) is 0 Å². The summed E-state index contributed by atoms with van der Waals surface area (Å²) in [5, 5.41) is 3.40. The van der Waals surface area contributed by atoms with Crippen LogP contribution < -0.4 is 10.0 Å². The van der Waals surface area contributed by atoms with Crippen molar-refractivity contribution in [1.82, 2.24) is 0 Å². The van der Waals surface area contributed by atoms with E-state index in [1.165, 1.54) is 5.56 Å². The van der Waals surface area contributed by atoms with Crippen molar-refractivity contribution >= 4 is 21.4 Å². The second kappa shape index (κ2) is 8.12. The van der Waals surface area contributed by atoms with Crippen molar-refractivity contribution in [3.8, 4) is 0 Å². The molecule has 5 heteroatoms. The average Bonchev–Trinajstić information content (AvgIpc) is 2.59. The third-order valence-electron chi connectivity index (χ3n) is 4.60. The topological polar surface area (TPSA) is 58.2 Å². The number of rotatable bonds is 7. The van der Waals surface area contributed by atoms with Crippen LogP contribution in [0, 0.1) is 0 Å². The fraction of sp³-hybridized carbons (Fsp3) is 0.429. The summed E-state index contributed by atoms with van der Waals surface area (Å²) in [4.78, 5) is 0.